The van der Waals surface area contributed by atoms with Gasteiger partial charge in [-0.1, -0.05) is 42.5 Å². The normalized spacial score (nSPS) is 16.0. The number of carbonyl (C=O) groups is 1. The molecule has 2 aromatic rings. The van der Waals surface area contributed by atoms with Crippen LogP contribution < -0.4 is 0 Å². The van der Waals surface area contributed by atoms with E-state index in [1.807, 2.05) is 36.0 Å². The number of nitrogens with zero attached hydrogens (tertiary/aromatic N) is 3. The summed E-state index contributed by atoms with van der Waals surface area (Å²) >= 11 is 0. The third-order valence-electron chi connectivity index (χ3n) is 5.23. The second kappa shape index (κ2) is 8.31. The fourth-order valence-corrected chi connectivity index (χ4v) is 3.82. The van der Waals surface area contributed by atoms with Gasteiger partial charge in [0.15, 0.2) is 0 Å². The maximum atomic E-state index is 12.8. The highest BCUT2D eigenvalue weighted by Gasteiger charge is 2.27. The molecule has 3 rings (SSSR count). The van der Waals surface area contributed by atoms with Crippen LogP contribution in [-0.4, -0.2) is 41.3 Å². The average Bonchev–Trinajstić information content (AvgIpc) is 2.67. The number of amides is 1. The number of aryl methyl sites for hydroxylation is 1. The summed E-state index contributed by atoms with van der Waals surface area (Å²) in [6, 6.07) is 15.1. The van der Waals surface area contributed by atoms with Crippen molar-refractivity contribution < 1.29 is 9.72 Å². The van der Waals surface area contributed by atoms with E-state index in [0.717, 1.165) is 19.3 Å². The van der Waals surface area contributed by atoms with Crippen molar-refractivity contribution in [2.45, 2.75) is 31.8 Å². The van der Waals surface area contributed by atoms with E-state index in [4.69, 9.17) is 0 Å². The SMILES string of the molecule is CN(CC(=O)N(C)C1CCCc2ccccc21)Cc1ccccc1[N+](=O)[O-]. The molecular weight excluding hydrogens is 342 g/mol. The summed E-state index contributed by atoms with van der Waals surface area (Å²) < 4.78 is 0. The molecule has 1 amide bonds. The van der Waals surface area contributed by atoms with Crippen molar-refractivity contribution in [3.05, 3.63) is 75.3 Å². The first-order chi connectivity index (χ1) is 13.0. The molecule has 0 aliphatic heterocycles. The predicted molar refractivity (Wildman–Crippen MR) is 104 cm³/mol. The number of para-hydroxylation sites is 1. The van der Waals surface area contributed by atoms with Crippen LogP contribution in [0.2, 0.25) is 0 Å². The van der Waals surface area contributed by atoms with Crippen LogP contribution in [-0.2, 0) is 17.8 Å². The molecule has 1 aliphatic rings. The minimum Gasteiger partial charge on any atom is -0.338 e. The number of benzene rings is 2. The lowest BCUT2D eigenvalue weighted by molar-refractivity contribution is -0.385. The van der Waals surface area contributed by atoms with E-state index in [1.54, 1.807) is 18.2 Å². The molecule has 142 valence electrons. The number of carbonyl (C=O) groups excluding carboxylic acids is 1. The highest BCUT2D eigenvalue weighted by molar-refractivity contribution is 5.78. The van der Waals surface area contributed by atoms with E-state index >= 15 is 0 Å². The van der Waals surface area contributed by atoms with Crippen LogP contribution in [0.5, 0.6) is 0 Å². The van der Waals surface area contributed by atoms with Crippen molar-refractivity contribution >= 4 is 11.6 Å². The number of hydrogen-bond donors (Lipinski definition) is 0. The molecule has 0 saturated heterocycles. The summed E-state index contributed by atoms with van der Waals surface area (Å²) in [6.45, 7) is 0.583. The summed E-state index contributed by atoms with van der Waals surface area (Å²) in [5.41, 5.74) is 3.26. The molecule has 1 unspecified atom stereocenters. The topological polar surface area (TPSA) is 66.7 Å². The molecule has 2 aromatic carbocycles. The maximum Gasteiger partial charge on any atom is 0.273 e. The predicted octanol–water partition coefficient (Wildman–Crippen LogP) is 3.56. The van der Waals surface area contributed by atoms with Crippen LogP contribution in [0, 0.1) is 10.1 Å². The first-order valence-corrected chi connectivity index (χ1v) is 9.21. The Labute approximate surface area is 159 Å². The highest BCUT2D eigenvalue weighted by Crippen LogP contribution is 2.33. The zero-order valence-corrected chi connectivity index (χ0v) is 15.8. The van der Waals surface area contributed by atoms with E-state index in [0.29, 0.717) is 12.1 Å². The molecule has 1 aliphatic carbocycles. The van der Waals surface area contributed by atoms with Gasteiger partial charge in [0, 0.05) is 25.2 Å². The van der Waals surface area contributed by atoms with E-state index in [2.05, 4.69) is 12.1 Å². The van der Waals surface area contributed by atoms with Gasteiger partial charge < -0.3 is 4.90 Å². The van der Waals surface area contributed by atoms with Crippen molar-refractivity contribution in [3.63, 3.8) is 0 Å². The van der Waals surface area contributed by atoms with Gasteiger partial charge in [0.25, 0.3) is 5.69 Å². The largest absolute Gasteiger partial charge is 0.338 e. The van der Waals surface area contributed by atoms with Crippen molar-refractivity contribution in [1.29, 1.82) is 0 Å². The van der Waals surface area contributed by atoms with E-state index in [1.165, 1.54) is 17.2 Å². The Bertz CT molecular complexity index is 837. The van der Waals surface area contributed by atoms with Crippen molar-refractivity contribution in [2.24, 2.45) is 0 Å². The molecule has 27 heavy (non-hydrogen) atoms. The second-order valence-corrected chi connectivity index (χ2v) is 7.17. The molecule has 0 heterocycles. The number of nitro groups is 1. The quantitative estimate of drug-likeness (QED) is 0.578. The zero-order chi connectivity index (χ0) is 19.4. The van der Waals surface area contributed by atoms with Gasteiger partial charge in [0.1, 0.15) is 0 Å². The Kier molecular flexibility index (Phi) is 5.86. The molecule has 0 N–H and O–H groups in total. The monoisotopic (exact) mass is 367 g/mol. The molecule has 0 radical (unpaired) electrons. The Morgan fingerprint density at radius 1 is 1.15 bits per heavy atom. The zero-order valence-electron chi connectivity index (χ0n) is 15.8. The van der Waals surface area contributed by atoms with Crippen molar-refractivity contribution in [3.8, 4) is 0 Å². The van der Waals surface area contributed by atoms with Crippen molar-refractivity contribution in [1.82, 2.24) is 9.80 Å². The first-order valence-electron chi connectivity index (χ1n) is 9.21. The fraction of sp³-hybridized carbons (Fsp3) is 0.381. The smallest absolute Gasteiger partial charge is 0.273 e. The molecular formula is C21H25N3O3. The third kappa shape index (κ3) is 4.34. The summed E-state index contributed by atoms with van der Waals surface area (Å²) in [6.07, 6.45) is 3.10. The van der Waals surface area contributed by atoms with Gasteiger partial charge in [-0.25, -0.2) is 0 Å². The Morgan fingerprint density at radius 2 is 1.85 bits per heavy atom. The minimum atomic E-state index is -0.379. The molecule has 6 heteroatoms. The number of fused-ring (bicyclic) bond motifs is 1. The maximum absolute atomic E-state index is 12.8. The van der Waals surface area contributed by atoms with Gasteiger partial charge in [-0.05, 0) is 37.4 Å². The van der Waals surface area contributed by atoms with Crippen LogP contribution in [0.3, 0.4) is 0 Å². The van der Waals surface area contributed by atoms with Crippen LogP contribution in [0.1, 0.15) is 35.6 Å². The highest BCUT2D eigenvalue weighted by atomic mass is 16.6. The standard InChI is InChI=1S/C21H25N3O3/c1-22(14-17-9-4-6-12-19(17)24(26)27)15-21(25)23(2)20-13-7-10-16-8-3-5-11-18(16)20/h3-6,8-9,11-12,20H,7,10,13-15H2,1-2H3. The average molecular weight is 367 g/mol. The first kappa shape index (κ1) is 19.0. The molecule has 1 atom stereocenters. The second-order valence-electron chi connectivity index (χ2n) is 7.17. The van der Waals surface area contributed by atoms with Crippen LogP contribution in [0.25, 0.3) is 0 Å². The summed E-state index contributed by atoms with van der Waals surface area (Å²) in [5.74, 6) is 0.0257. The van der Waals surface area contributed by atoms with Gasteiger partial charge >= 0.3 is 0 Å². The number of likely N-dealkylation sites (N-methyl/N-ethyl adjacent to an activating group) is 2. The third-order valence-corrected chi connectivity index (χ3v) is 5.23. The molecule has 0 aromatic heterocycles. The van der Waals surface area contributed by atoms with Gasteiger partial charge in [-0.2, -0.15) is 0 Å². The summed E-state index contributed by atoms with van der Waals surface area (Å²) in [4.78, 5) is 27.3. The lowest BCUT2D eigenvalue weighted by atomic mass is 9.87. The van der Waals surface area contributed by atoms with Gasteiger partial charge in [0.05, 0.1) is 17.5 Å². The van der Waals surface area contributed by atoms with Crippen LogP contribution in [0.4, 0.5) is 5.69 Å². The molecule has 0 bridgehead atoms. The number of hydrogen-bond acceptors (Lipinski definition) is 4. The number of nitro benzene ring substituents is 1. The van der Waals surface area contributed by atoms with Crippen LogP contribution >= 0.6 is 0 Å². The fourth-order valence-electron chi connectivity index (χ4n) is 3.82. The van der Waals surface area contributed by atoms with E-state index in [-0.39, 0.29) is 29.1 Å². The van der Waals surface area contributed by atoms with Gasteiger partial charge in [-0.3, -0.25) is 19.8 Å². The lowest BCUT2D eigenvalue weighted by Crippen LogP contribution is -2.39. The molecule has 0 fully saturated rings. The van der Waals surface area contributed by atoms with Gasteiger partial charge in [-0.15, -0.1) is 0 Å². The number of rotatable bonds is 6. The van der Waals surface area contributed by atoms with Crippen molar-refractivity contribution in [2.75, 3.05) is 20.6 Å². The summed E-state index contributed by atoms with van der Waals surface area (Å²) in [5, 5.41) is 11.2. The minimum absolute atomic E-state index is 0.0257. The van der Waals surface area contributed by atoms with Crippen LogP contribution in [0.15, 0.2) is 48.5 Å². The Morgan fingerprint density at radius 3 is 2.63 bits per heavy atom. The molecule has 0 saturated carbocycles. The van der Waals surface area contributed by atoms with E-state index in [9.17, 15) is 14.9 Å². The molecule has 6 nitrogen and oxygen atoms in total. The Balaban J connectivity index is 1.66. The Hall–Kier alpha value is -2.73. The lowest BCUT2D eigenvalue weighted by Gasteiger charge is -2.34. The van der Waals surface area contributed by atoms with E-state index < -0.39 is 0 Å². The molecule has 0 spiro atoms. The van der Waals surface area contributed by atoms with Gasteiger partial charge in [0.2, 0.25) is 5.91 Å². The summed E-state index contributed by atoms with van der Waals surface area (Å²) in [7, 11) is 3.67.